The number of nitrogens with two attached hydrogens (primary N) is 1. The van der Waals surface area contributed by atoms with Gasteiger partial charge in [0, 0.05) is 17.1 Å². The molecule has 1 unspecified atom stereocenters. The minimum atomic E-state index is -0.260. The van der Waals surface area contributed by atoms with E-state index in [4.69, 9.17) is 10.5 Å². The SMILES string of the molecule is CCOC1(C(N)Cc2cc(Br)ccc2F)CCCC1. The molecule has 0 aromatic heterocycles. The molecule has 1 aromatic rings. The second-order valence-electron chi connectivity index (χ2n) is 5.25. The first-order valence-corrected chi connectivity index (χ1v) is 7.70. The molecular formula is C15H21BrFNO. The maximum absolute atomic E-state index is 13.8. The summed E-state index contributed by atoms with van der Waals surface area (Å²) in [5, 5.41) is 0. The fourth-order valence-electron chi connectivity index (χ4n) is 3.01. The number of halogens is 2. The van der Waals surface area contributed by atoms with Gasteiger partial charge in [-0.2, -0.15) is 0 Å². The van der Waals surface area contributed by atoms with Gasteiger partial charge in [-0.3, -0.25) is 0 Å². The van der Waals surface area contributed by atoms with E-state index in [1.807, 2.05) is 13.0 Å². The molecule has 0 spiro atoms. The highest BCUT2D eigenvalue weighted by molar-refractivity contribution is 9.10. The monoisotopic (exact) mass is 329 g/mol. The van der Waals surface area contributed by atoms with Crippen LogP contribution in [-0.2, 0) is 11.2 Å². The molecule has 4 heteroatoms. The van der Waals surface area contributed by atoms with E-state index in [0.29, 0.717) is 18.6 Å². The van der Waals surface area contributed by atoms with E-state index in [0.717, 1.165) is 30.2 Å². The fourth-order valence-corrected chi connectivity index (χ4v) is 3.41. The first kappa shape index (κ1) is 14.9. The van der Waals surface area contributed by atoms with Crippen LogP contribution in [0.4, 0.5) is 4.39 Å². The van der Waals surface area contributed by atoms with Crippen molar-refractivity contribution < 1.29 is 9.13 Å². The third-order valence-corrected chi connectivity index (χ3v) is 4.50. The van der Waals surface area contributed by atoms with Crippen LogP contribution in [0.1, 0.15) is 38.2 Å². The predicted molar refractivity (Wildman–Crippen MR) is 78.6 cm³/mol. The standard InChI is InChI=1S/C15H21BrFNO/c1-2-19-15(7-3-4-8-15)14(18)10-11-9-12(16)5-6-13(11)17/h5-6,9,14H,2-4,7-8,10,18H2,1H3. The minimum Gasteiger partial charge on any atom is -0.374 e. The van der Waals surface area contributed by atoms with Gasteiger partial charge < -0.3 is 10.5 Å². The van der Waals surface area contributed by atoms with Gasteiger partial charge in [0.15, 0.2) is 0 Å². The van der Waals surface area contributed by atoms with E-state index in [9.17, 15) is 4.39 Å². The van der Waals surface area contributed by atoms with Crippen LogP contribution in [0, 0.1) is 5.82 Å². The van der Waals surface area contributed by atoms with Crippen molar-refractivity contribution in [2.24, 2.45) is 5.73 Å². The summed E-state index contributed by atoms with van der Waals surface area (Å²) in [5.41, 5.74) is 6.74. The molecule has 106 valence electrons. The fraction of sp³-hybridized carbons (Fsp3) is 0.600. The summed E-state index contributed by atoms with van der Waals surface area (Å²) in [6, 6.07) is 4.84. The Morgan fingerprint density at radius 1 is 1.42 bits per heavy atom. The molecule has 2 rings (SSSR count). The highest BCUT2D eigenvalue weighted by Crippen LogP contribution is 2.36. The van der Waals surface area contributed by atoms with Crippen LogP contribution in [0.5, 0.6) is 0 Å². The third-order valence-electron chi connectivity index (χ3n) is 4.01. The smallest absolute Gasteiger partial charge is 0.126 e. The lowest BCUT2D eigenvalue weighted by molar-refractivity contribution is -0.0526. The summed E-state index contributed by atoms with van der Waals surface area (Å²) in [7, 11) is 0. The lowest BCUT2D eigenvalue weighted by Crippen LogP contribution is -2.49. The highest BCUT2D eigenvalue weighted by atomic mass is 79.9. The normalized spacial score (nSPS) is 19.6. The molecule has 1 atom stereocenters. The topological polar surface area (TPSA) is 35.2 Å². The van der Waals surface area contributed by atoms with Gasteiger partial charge in [-0.1, -0.05) is 28.8 Å². The van der Waals surface area contributed by atoms with Crippen LogP contribution in [0.15, 0.2) is 22.7 Å². The molecule has 1 aromatic carbocycles. The largest absolute Gasteiger partial charge is 0.374 e. The van der Waals surface area contributed by atoms with Gasteiger partial charge >= 0.3 is 0 Å². The maximum atomic E-state index is 13.8. The molecule has 1 aliphatic carbocycles. The molecule has 0 radical (unpaired) electrons. The van der Waals surface area contributed by atoms with Gasteiger partial charge in [-0.25, -0.2) is 4.39 Å². The third kappa shape index (κ3) is 3.36. The quantitative estimate of drug-likeness (QED) is 0.891. The van der Waals surface area contributed by atoms with Gasteiger partial charge in [-0.15, -0.1) is 0 Å². The summed E-state index contributed by atoms with van der Waals surface area (Å²) in [6.07, 6.45) is 4.78. The molecule has 0 amide bonds. The molecule has 19 heavy (non-hydrogen) atoms. The summed E-state index contributed by atoms with van der Waals surface area (Å²) < 4.78 is 20.6. The first-order chi connectivity index (χ1) is 9.07. The molecule has 2 nitrogen and oxygen atoms in total. The molecule has 1 saturated carbocycles. The average Bonchev–Trinajstić information content (AvgIpc) is 2.84. The van der Waals surface area contributed by atoms with Crippen molar-refractivity contribution in [2.45, 2.75) is 50.7 Å². The second-order valence-corrected chi connectivity index (χ2v) is 6.17. The van der Waals surface area contributed by atoms with Gasteiger partial charge in [-0.05, 0) is 49.9 Å². The summed E-state index contributed by atoms with van der Waals surface area (Å²) >= 11 is 3.38. The lowest BCUT2D eigenvalue weighted by atomic mass is 9.88. The number of hydrogen-bond donors (Lipinski definition) is 1. The molecule has 0 bridgehead atoms. The zero-order valence-corrected chi connectivity index (χ0v) is 12.9. The summed E-state index contributed by atoms with van der Waals surface area (Å²) in [5.74, 6) is -0.191. The number of ether oxygens (including phenoxy) is 1. The highest BCUT2D eigenvalue weighted by Gasteiger charge is 2.40. The van der Waals surface area contributed by atoms with E-state index in [2.05, 4.69) is 15.9 Å². The molecule has 1 fully saturated rings. The van der Waals surface area contributed by atoms with Crippen LogP contribution in [0.25, 0.3) is 0 Å². The molecule has 0 heterocycles. The van der Waals surface area contributed by atoms with Gasteiger partial charge in [0.05, 0.1) is 5.60 Å². The van der Waals surface area contributed by atoms with Crippen LogP contribution >= 0.6 is 15.9 Å². The first-order valence-electron chi connectivity index (χ1n) is 6.91. The van der Waals surface area contributed by atoms with Crippen molar-refractivity contribution in [3.8, 4) is 0 Å². The number of benzene rings is 1. The Balaban J connectivity index is 2.14. The Labute approximate surface area is 122 Å². The van der Waals surface area contributed by atoms with Crippen molar-refractivity contribution in [3.05, 3.63) is 34.1 Å². The molecular weight excluding hydrogens is 309 g/mol. The van der Waals surface area contributed by atoms with Crippen molar-refractivity contribution >= 4 is 15.9 Å². The molecule has 2 N–H and O–H groups in total. The van der Waals surface area contributed by atoms with E-state index in [-0.39, 0.29) is 17.5 Å². The number of hydrogen-bond acceptors (Lipinski definition) is 2. The van der Waals surface area contributed by atoms with Crippen LogP contribution in [0.3, 0.4) is 0 Å². The van der Waals surface area contributed by atoms with Crippen molar-refractivity contribution in [2.75, 3.05) is 6.61 Å². The summed E-state index contributed by atoms with van der Waals surface area (Å²) in [4.78, 5) is 0. The second kappa shape index (κ2) is 6.33. The zero-order valence-electron chi connectivity index (χ0n) is 11.3. The molecule has 0 aliphatic heterocycles. The van der Waals surface area contributed by atoms with Crippen molar-refractivity contribution in [1.29, 1.82) is 0 Å². The van der Waals surface area contributed by atoms with E-state index >= 15 is 0 Å². The molecule has 0 saturated heterocycles. The van der Waals surface area contributed by atoms with Crippen LogP contribution in [0.2, 0.25) is 0 Å². The van der Waals surface area contributed by atoms with Gasteiger partial charge in [0.1, 0.15) is 5.82 Å². The lowest BCUT2D eigenvalue weighted by Gasteiger charge is -2.35. The zero-order chi connectivity index (χ0) is 13.9. The van der Waals surface area contributed by atoms with Crippen molar-refractivity contribution in [3.63, 3.8) is 0 Å². The van der Waals surface area contributed by atoms with Crippen LogP contribution < -0.4 is 5.73 Å². The Hall–Kier alpha value is -0.450. The van der Waals surface area contributed by atoms with Crippen LogP contribution in [-0.4, -0.2) is 18.2 Å². The number of rotatable bonds is 5. The Kier molecular flexibility index (Phi) is 4.98. The van der Waals surface area contributed by atoms with E-state index < -0.39 is 0 Å². The minimum absolute atomic E-state index is 0.154. The Morgan fingerprint density at radius 3 is 2.74 bits per heavy atom. The predicted octanol–water partition coefficient (Wildman–Crippen LogP) is 3.81. The van der Waals surface area contributed by atoms with E-state index in [1.165, 1.54) is 6.07 Å². The van der Waals surface area contributed by atoms with E-state index in [1.54, 1.807) is 6.07 Å². The van der Waals surface area contributed by atoms with Crippen molar-refractivity contribution in [1.82, 2.24) is 0 Å². The van der Waals surface area contributed by atoms with Gasteiger partial charge in [0.2, 0.25) is 0 Å². The Morgan fingerprint density at radius 2 is 2.11 bits per heavy atom. The Bertz CT molecular complexity index is 432. The average molecular weight is 330 g/mol. The summed E-state index contributed by atoms with van der Waals surface area (Å²) in [6.45, 7) is 2.65. The molecule has 1 aliphatic rings. The van der Waals surface area contributed by atoms with Gasteiger partial charge in [0.25, 0.3) is 0 Å². The maximum Gasteiger partial charge on any atom is 0.126 e.